The molecule has 0 aliphatic rings. The highest BCUT2D eigenvalue weighted by Crippen LogP contribution is 2.32. The fraction of sp³-hybridized carbons (Fsp3) is 0.125. The molecule has 0 fully saturated rings. The number of rotatable bonds is 6. The zero-order chi connectivity index (χ0) is 34.0. The van der Waals surface area contributed by atoms with Gasteiger partial charge in [0.05, 0.1) is 40.8 Å². The predicted octanol–water partition coefficient (Wildman–Crippen LogP) is 7.92. The molecular formula is C32H25Cl4F2N7O2. The summed E-state index contributed by atoms with van der Waals surface area (Å²) >= 11 is 24.5. The summed E-state index contributed by atoms with van der Waals surface area (Å²) in [6.45, 7) is 4.41. The predicted molar refractivity (Wildman–Crippen MR) is 182 cm³/mol. The second-order valence-electron chi connectivity index (χ2n) is 9.93. The average molecular weight is 719 g/mol. The van der Waals surface area contributed by atoms with Crippen LogP contribution in [-0.2, 0) is 13.1 Å². The highest BCUT2D eigenvalue weighted by molar-refractivity contribution is 6.32. The standard InChI is InChI=1S/C16H13Cl2FN4O.C16H12Cl2FN3O/c1-2-22-14(9-3-5-10(19)6-4-9)13(7-11(17)16(22)24)23-15(18)12(20)8-21-23;1-2-21-15(10-3-5-11(19)6-4-10)13(9-12(17)16(21)23)22-14(18)7-8-20-22/h3-8H,2,20H2,1H3;3-9H,2H2,1H3. The van der Waals surface area contributed by atoms with Crippen LogP contribution in [0.2, 0.25) is 20.4 Å². The van der Waals surface area contributed by atoms with E-state index in [1.54, 1.807) is 36.5 Å². The van der Waals surface area contributed by atoms with Gasteiger partial charge in [-0.15, -0.1) is 0 Å². The Kier molecular flexibility index (Phi) is 10.2. The van der Waals surface area contributed by atoms with Gasteiger partial charge in [0.25, 0.3) is 11.1 Å². The zero-order valence-electron chi connectivity index (χ0n) is 24.8. The molecule has 4 heterocycles. The monoisotopic (exact) mass is 717 g/mol. The van der Waals surface area contributed by atoms with Crippen molar-refractivity contribution in [3.63, 3.8) is 0 Å². The summed E-state index contributed by atoms with van der Waals surface area (Å²) in [5.74, 6) is -0.729. The number of nitrogens with zero attached hydrogens (tertiary/aromatic N) is 6. The fourth-order valence-electron chi connectivity index (χ4n) is 4.97. The molecule has 9 nitrogen and oxygen atoms in total. The van der Waals surface area contributed by atoms with E-state index in [1.165, 1.54) is 61.1 Å². The van der Waals surface area contributed by atoms with Crippen molar-refractivity contribution in [3.8, 4) is 33.9 Å². The number of pyridine rings is 2. The number of hydrogen-bond acceptors (Lipinski definition) is 5. The third-order valence-electron chi connectivity index (χ3n) is 7.11. The maximum absolute atomic E-state index is 13.3. The van der Waals surface area contributed by atoms with E-state index in [0.717, 1.165) is 0 Å². The molecule has 6 rings (SSSR count). The molecule has 0 aliphatic heterocycles. The highest BCUT2D eigenvalue weighted by atomic mass is 35.5. The summed E-state index contributed by atoms with van der Waals surface area (Å²) in [7, 11) is 0. The third-order valence-corrected chi connectivity index (χ3v) is 8.31. The number of benzene rings is 2. The Morgan fingerprint density at radius 2 is 1.13 bits per heavy atom. The minimum Gasteiger partial charge on any atom is -0.395 e. The number of hydrogen-bond donors (Lipinski definition) is 1. The molecule has 2 aromatic carbocycles. The van der Waals surface area contributed by atoms with Gasteiger partial charge in [-0.2, -0.15) is 10.2 Å². The lowest BCUT2D eigenvalue weighted by Crippen LogP contribution is -2.23. The second kappa shape index (κ2) is 14.1. The van der Waals surface area contributed by atoms with Crippen LogP contribution in [-0.4, -0.2) is 28.7 Å². The fourth-order valence-corrected chi connectivity index (χ4v) is 5.75. The van der Waals surface area contributed by atoms with Gasteiger partial charge in [-0.1, -0.05) is 46.4 Å². The van der Waals surface area contributed by atoms with Crippen molar-refractivity contribution in [2.24, 2.45) is 0 Å². The van der Waals surface area contributed by atoms with Crippen molar-refractivity contribution in [2.75, 3.05) is 5.73 Å². The first-order valence-electron chi connectivity index (χ1n) is 14.0. The number of aromatic nitrogens is 6. The number of halogens is 6. The molecule has 2 N–H and O–H groups in total. The van der Waals surface area contributed by atoms with Gasteiger partial charge in [0.15, 0.2) is 5.15 Å². The van der Waals surface area contributed by atoms with Crippen LogP contribution >= 0.6 is 46.4 Å². The number of nitrogens with two attached hydrogens (primary N) is 1. The lowest BCUT2D eigenvalue weighted by atomic mass is 10.1. The van der Waals surface area contributed by atoms with Crippen molar-refractivity contribution in [2.45, 2.75) is 26.9 Å². The van der Waals surface area contributed by atoms with Crippen LogP contribution in [0.25, 0.3) is 33.9 Å². The first kappa shape index (κ1) is 33.9. The van der Waals surface area contributed by atoms with E-state index < -0.39 is 0 Å². The average Bonchev–Trinajstić information content (AvgIpc) is 3.64. The van der Waals surface area contributed by atoms with E-state index in [0.29, 0.717) is 57.8 Å². The Morgan fingerprint density at radius 3 is 1.49 bits per heavy atom. The van der Waals surface area contributed by atoms with Crippen LogP contribution in [0.15, 0.2) is 88.7 Å². The first-order valence-corrected chi connectivity index (χ1v) is 15.6. The van der Waals surface area contributed by atoms with Crippen molar-refractivity contribution in [1.82, 2.24) is 28.7 Å². The van der Waals surface area contributed by atoms with Gasteiger partial charge in [0, 0.05) is 24.2 Å². The van der Waals surface area contributed by atoms with Gasteiger partial charge < -0.3 is 14.9 Å². The van der Waals surface area contributed by atoms with Crippen LogP contribution in [0.4, 0.5) is 14.5 Å². The maximum atomic E-state index is 13.3. The normalized spacial score (nSPS) is 11.0. The van der Waals surface area contributed by atoms with Crippen molar-refractivity contribution >= 4 is 52.1 Å². The summed E-state index contributed by atoms with van der Waals surface area (Å²) < 4.78 is 32.4. The van der Waals surface area contributed by atoms with Gasteiger partial charge in [-0.05, 0) is 80.6 Å². The molecule has 47 heavy (non-hydrogen) atoms. The maximum Gasteiger partial charge on any atom is 0.269 e. The molecule has 4 aromatic heterocycles. The molecule has 0 bridgehead atoms. The molecule has 15 heteroatoms. The number of nitrogen functional groups attached to an aromatic ring is 1. The summed E-state index contributed by atoms with van der Waals surface area (Å²) in [6.07, 6.45) is 2.96. The van der Waals surface area contributed by atoms with Gasteiger partial charge in [-0.25, -0.2) is 18.1 Å². The van der Waals surface area contributed by atoms with Gasteiger partial charge in [0.2, 0.25) is 0 Å². The van der Waals surface area contributed by atoms with Crippen molar-refractivity contribution < 1.29 is 8.78 Å². The zero-order valence-corrected chi connectivity index (χ0v) is 27.8. The Hall–Kier alpha value is -4.42. The molecule has 242 valence electrons. The largest absolute Gasteiger partial charge is 0.395 e. The molecule has 0 spiro atoms. The van der Waals surface area contributed by atoms with E-state index in [-0.39, 0.29) is 38.0 Å². The van der Waals surface area contributed by atoms with Crippen LogP contribution in [0.5, 0.6) is 0 Å². The minimum atomic E-state index is -0.374. The van der Waals surface area contributed by atoms with Gasteiger partial charge in [0.1, 0.15) is 26.8 Å². The Labute approximate surface area is 286 Å². The molecule has 0 atom stereocenters. The summed E-state index contributed by atoms with van der Waals surface area (Å²) in [4.78, 5) is 24.8. The molecule has 0 aliphatic carbocycles. The molecule has 0 radical (unpaired) electrons. The van der Waals surface area contributed by atoms with Crippen LogP contribution in [0.1, 0.15) is 13.8 Å². The second-order valence-corrected chi connectivity index (χ2v) is 11.5. The summed E-state index contributed by atoms with van der Waals surface area (Å²) in [5, 5.41) is 9.00. The van der Waals surface area contributed by atoms with Crippen LogP contribution in [0.3, 0.4) is 0 Å². The Balaban J connectivity index is 0.000000185. The van der Waals surface area contributed by atoms with E-state index in [2.05, 4.69) is 10.2 Å². The molecule has 0 saturated carbocycles. The van der Waals surface area contributed by atoms with E-state index >= 15 is 0 Å². The quantitative estimate of drug-likeness (QED) is 0.188. The van der Waals surface area contributed by atoms with E-state index in [4.69, 9.17) is 52.1 Å². The van der Waals surface area contributed by atoms with Crippen molar-refractivity contribution in [3.05, 3.63) is 132 Å². The molecule has 0 unspecified atom stereocenters. The van der Waals surface area contributed by atoms with Crippen LogP contribution < -0.4 is 16.9 Å². The number of anilines is 1. The Bertz CT molecular complexity index is 2190. The third kappa shape index (κ3) is 6.70. The van der Waals surface area contributed by atoms with E-state index in [1.807, 2.05) is 13.8 Å². The van der Waals surface area contributed by atoms with Gasteiger partial charge >= 0.3 is 0 Å². The topological polar surface area (TPSA) is 106 Å². The highest BCUT2D eigenvalue weighted by Gasteiger charge is 2.20. The lowest BCUT2D eigenvalue weighted by Gasteiger charge is -2.17. The SMILES string of the molecule is CCn1c(-c2ccc(F)cc2)c(-n2ncc(N)c2Cl)cc(Cl)c1=O.CCn1c(-c2ccc(F)cc2)c(-n2nccc2Cl)cc(Cl)c1=O. The molecule has 0 saturated heterocycles. The lowest BCUT2D eigenvalue weighted by molar-refractivity contribution is 0.627. The smallest absolute Gasteiger partial charge is 0.269 e. The summed E-state index contributed by atoms with van der Waals surface area (Å²) in [5.41, 5.74) is 8.83. The van der Waals surface area contributed by atoms with Crippen molar-refractivity contribution in [1.29, 1.82) is 0 Å². The molecule has 0 amide bonds. The van der Waals surface area contributed by atoms with E-state index in [9.17, 15) is 18.4 Å². The Morgan fingerprint density at radius 1 is 0.681 bits per heavy atom. The molecular weight excluding hydrogens is 694 g/mol. The van der Waals surface area contributed by atoms with Gasteiger partial charge in [-0.3, -0.25) is 9.59 Å². The summed E-state index contributed by atoms with van der Waals surface area (Å²) in [6, 6.07) is 16.3. The minimum absolute atomic E-state index is 0.0304. The first-order chi connectivity index (χ1) is 22.5. The molecule has 6 aromatic rings. The van der Waals surface area contributed by atoms with Crippen LogP contribution in [0, 0.1) is 11.6 Å².